The summed E-state index contributed by atoms with van der Waals surface area (Å²) in [6, 6.07) is 16.7. The molecule has 3 rings (SSSR count). The number of nitrogens with zero attached hydrogens (tertiary/aromatic N) is 1. The summed E-state index contributed by atoms with van der Waals surface area (Å²) in [4.78, 5) is 5.47. The fraction of sp³-hybridized carbons (Fsp3) is 0.235. The third-order valence-corrected chi connectivity index (χ3v) is 3.56. The maximum absolute atomic E-state index is 12.8. The Balaban J connectivity index is 1.45. The van der Waals surface area contributed by atoms with Crippen molar-refractivity contribution in [1.82, 2.24) is 0 Å². The van der Waals surface area contributed by atoms with Crippen LogP contribution >= 0.6 is 0 Å². The number of hydrogen-bond acceptors (Lipinski definition) is 2. The van der Waals surface area contributed by atoms with Gasteiger partial charge in [0.15, 0.2) is 6.10 Å². The number of benzene rings is 2. The van der Waals surface area contributed by atoms with Crippen molar-refractivity contribution in [2.24, 2.45) is 5.16 Å². The van der Waals surface area contributed by atoms with Crippen LogP contribution in [0.2, 0.25) is 0 Å². The summed E-state index contributed by atoms with van der Waals surface area (Å²) >= 11 is 0. The third-order valence-electron chi connectivity index (χ3n) is 3.56. The van der Waals surface area contributed by atoms with Crippen molar-refractivity contribution in [3.05, 3.63) is 71.5 Å². The first-order valence-electron chi connectivity index (χ1n) is 7.15. The highest BCUT2D eigenvalue weighted by Crippen LogP contribution is 2.15. The summed E-state index contributed by atoms with van der Waals surface area (Å²) in [6.07, 6.45) is 0.949. The van der Waals surface area contributed by atoms with Crippen molar-refractivity contribution in [3.63, 3.8) is 0 Å². The van der Waals surface area contributed by atoms with Crippen LogP contribution in [0.1, 0.15) is 17.5 Å². The van der Waals surface area contributed by atoms with Gasteiger partial charge in [-0.3, -0.25) is 0 Å². The summed E-state index contributed by atoms with van der Waals surface area (Å²) in [6.45, 7) is 1.66. The van der Waals surface area contributed by atoms with Crippen LogP contribution in [0.25, 0.3) is 0 Å². The molecule has 1 atom stereocenters. The molecule has 0 bridgehead atoms. The Hall–Kier alpha value is -2.20. The van der Waals surface area contributed by atoms with E-state index in [-0.39, 0.29) is 11.9 Å². The molecule has 0 unspecified atom stereocenters. The summed E-state index contributed by atoms with van der Waals surface area (Å²) < 4.78 is 12.8. The molecule has 1 aliphatic rings. The Morgan fingerprint density at radius 2 is 1.86 bits per heavy atom. The molecule has 108 valence electrons. The lowest BCUT2D eigenvalue weighted by atomic mass is 10.1. The standard InChI is InChI=1S/C17H17FN2O/c18-15-8-6-13(7-9-15)11-19-12-16-10-17(20-21-16)14-4-2-1-3-5-14/h1-9,16,19H,10-12H2/p+1/t16-/m1/s1. The smallest absolute Gasteiger partial charge is 0.181 e. The third kappa shape index (κ3) is 3.67. The molecule has 0 aliphatic carbocycles. The lowest BCUT2D eigenvalue weighted by Gasteiger charge is -2.07. The lowest BCUT2D eigenvalue weighted by molar-refractivity contribution is -0.676. The molecule has 3 nitrogen and oxygen atoms in total. The van der Waals surface area contributed by atoms with Crippen LogP contribution in [0.3, 0.4) is 0 Å². The number of hydrogen-bond donors (Lipinski definition) is 1. The number of oxime groups is 1. The first-order chi connectivity index (χ1) is 10.3. The lowest BCUT2D eigenvalue weighted by Crippen LogP contribution is -2.84. The monoisotopic (exact) mass is 285 g/mol. The molecular formula is C17H18FN2O+. The van der Waals surface area contributed by atoms with Crippen molar-refractivity contribution in [3.8, 4) is 0 Å². The molecule has 0 spiro atoms. The maximum Gasteiger partial charge on any atom is 0.181 e. The molecule has 0 amide bonds. The zero-order chi connectivity index (χ0) is 14.5. The van der Waals surface area contributed by atoms with Gasteiger partial charge in [-0.05, 0) is 17.7 Å². The van der Waals surface area contributed by atoms with Crippen LogP contribution in [-0.4, -0.2) is 18.4 Å². The van der Waals surface area contributed by atoms with E-state index in [4.69, 9.17) is 4.84 Å². The first-order valence-corrected chi connectivity index (χ1v) is 7.15. The highest BCUT2D eigenvalue weighted by atomic mass is 19.1. The van der Waals surface area contributed by atoms with Gasteiger partial charge in [-0.2, -0.15) is 0 Å². The van der Waals surface area contributed by atoms with Crippen molar-refractivity contribution >= 4 is 5.71 Å². The maximum atomic E-state index is 12.8. The Labute approximate surface area is 123 Å². The molecule has 1 aliphatic heterocycles. The Morgan fingerprint density at radius 3 is 2.62 bits per heavy atom. The summed E-state index contributed by atoms with van der Waals surface area (Å²) in [7, 11) is 0. The molecule has 4 heteroatoms. The van der Waals surface area contributed by atoms with E-state index < -0.39 is 0 Å². The highest BCUT2D eigenvalue weighted by Gasteiger charge is 2.23. The SMILES string of the molecule is Fc1ccc(C[NH2+]C[C@H]2CC(c3ccccc3)=NO2)cc1. The van der Waals surface area contributed by atoms with Crippen LogP contribution in [0.5, 0.6) is 0 Å². The molecule has 0 radical (unpaired) electrons. The largest absolute Gasteiger partial charge is 0.386 e. The van der Waals surface area contributed by atoms with Gasteiger partial charge in [0.2, 0.25) is 0 Å². The molecule has 0 aromatic heterocycles. The minimum absolute atomic E-state index is 0.112. The van der Waals surface area contributed by atoms with E-state index in [1.807, 2.05) is 42.5 Å². The van der Waals surface area contributed by atoms with Gasteiger partial charge in [0, 0.05) is 12.0 Å². The fourth-order valence-electron chi connectivity index (χ4n) is 2.41. The van der Waals surface area contributed by atoms with Gasteiger partial charge in [0.1, 0.15) is 18.9 Å². The fourth-order valence-corrected chi connectivity index (χ4v) is 2.41. The van der Waals surface area contributed by atoms with E-state index >= 15 is 0 Å². The summed E-state index contributed by atoms with van der Waals surface area (Å²) in [5.74, 6) is -0.196. The predicted octanol–water partition coefficient (Wildman–Crippen LogP) is 2.08. The molecule has 2 aromatic carbocycles. The Bertz CT molecular complexity index is 610. The van der Waals surface area contributed by atoms with Crippen molar-refractivity contribution < 1.29 is 14.5 Å². The predicted molar refractivity (Wildman–Crippen MR) is 79.4 cm³/mol. The van der Waals surface area contributed by atoms with E-state index in [0.717, 1.165) is 36.3 Å². The zero-order valence-corrected chi connectivity index (χ0v) is 11.7. The molecule has 0 fully saturated rings. The van der Waals surface area contributed by atoms with E-state index in [1.54, 1.807) is 0 Å². The molecule has 2 aromatic rings. The van der Waals surface area contributed by atoms with Gasteiger partial charge in [0.25, 0.3) is 0 Å². The van der Waals surface area contributed by atoms with Crippen LogP contribution in [0, 0.1) is 5.82 Å². The molecule has 0 saturated heterocycles. The highest BCUT2D eigenvalue weighted by molar-refractivity contribution is 6.01. The van der Waals surface area contributed by atoms with Gasteiger partial charge in [-0.15, -0.1) is 0 Å². The normalized spacial score (nSPS) is 17.4. The van der Waals surface area contributed by atoms with Crippen molar-refractivity contribution in [2.45, 2.75) is 19.1 Å². The Morgan fingerprint density at radius 1 is 1.10 bits per heavy atom. The van der Waals surface area contributed by atoms with E-state index in [2.05, 4.69) is 10.5 Å². The number of nitrogens with two attached hydrogens (primary N) is 1. The molecule has 2 N–H and O–H groups in total. The minimum atomic E-state index is -0.196. The van der Waals surface area contributed by atoms with Gasteiger partial charge >= 0.3 is 0 Å². The minimum Gasteiger partial charge on any atom is -0.386 e. The quantitative estimate of drug-likeness (QED) is 0.897. The van der Waals surface area contributed by atoms with Gasteiger partial charge in [0.05, 0.1) is 5.71 Å². The van der Waals surface area contributed by atoms with Gasteiger partial charge < -0.3 is 10.2 Å². The van der Waals surface area contributed by atoms with E-state index in [1.165, 1.54) is 12.1 Å². The van der Waals surface area contributed by atoms with Crippen LogP contribution < -0.4 is 5.32 Å². The van der Waals surface area contributed by atoms with E-state index in [9.17, 15) is 4.39 Å². The average Bonchev–Trinajstić information content (AvgIpc) is 2.99. The second-order valence-corrected chi connectivity index (χ2v) is 5.19. The van der Waals surface area contributed by atoms with Crippen LogP contribution in [0.4, 0.5) is 4.39 Å². The number of rotatable bonds is 5. The van der Waals surface area contributed by atoms with Crippen molar-refractivity contribution in [1.29, 1.82) is 0 Å². The number of quaternary nitrogens is 1. The first kappa shape index (κ1) is 13.8. The van der Waals surface area contributed by atoms with E-state index in [0.29, 0.717) is 0 Å². The van der Waals surface area contributed by atoms with Gasteiger partial charge in [-0.1, -0.05) is 47.6 Å². The van der Waals surface area contributed by atoms with Crippen LogP contribution in [0.15, 0.2) is 59.8 Å². The van der Waals surface area contributed by atoms with Crippen LogP contribution in [-0.2, 0) is 11.4 Å². The average molecular weight is 285 g/mol. The number of halogens is 1. The summed E-state index contributed by atoms with van der Waals surface area (Å²) in [5.41, 5.74) is 3.24. The topological polar surface area (TPSA) is 38.2 Å². The van der Waals surface area contributed by atoms with Crippen molar-refractivity contribution in [2.75, 3.05) is 6.54 Å². The summed E-state index contributed by atoms with van der Waals surface area (Å²) in [5, 5.41) is 6.34. The molecule has 1 heterocycles. The Kier molecular flexibility index (Phi) is 4.26. The van der Waals surface area contributed by atoms with Gasteiger partial charge in [-0.25, -0.2) is 4.39 Å². The second kappa shape index (κ2) is 6.50. The molecule has 21 heavy (non-hydrogen) atoms. The molecule has 0 saturated carbocycles. The zero-order valence-electron chi connectivity index (χ0n) is 11.7. The second-order valence-electron chi connectivity index (χ2n) is 5.19. The molecular weight excluding hydrogens is 267 g/mol.